The first-order valence-electron chi connectivity index (χ1n) is 10.2. The van der Waals surface area contributed by atoms with Crippen molar-refractivity contribution in [2.24, 2.45) is 0 Å². The normalized spacial score (nSPS) is 19.5. The Morgan fingerprint density at radius 3 is 2.66 bits per heavy atom. The molecule has 2 aliphatic heterocycles. The number of β-amino-alcohol motifs (C(OH)–C–C–N with tert-alkyl or cyclic N) is 1. The lowest BCUT2D eigenvalue weighted by Gasteiger charge is -2.36. The van der Waals surface area contributed by atoms with Gasteiger partial charge in [0.15, 0.2) is 11.5 Å². The van der Waals surface area contributed by atoms with Gasteiger partial charge in [-0.05, 0) is 38.1 Å². The summed E-state index contributed by atoms with van der Waals surface area (Å²) in [6, 6.07) is 12.6. The summed E-state index contributed by atoms with van der Waals surface area (Å²) >= 11 is 0. The van der Waals surface area contributed by atoms with Crippen molar-refractivity contribution in [1.82, 2.24) is 4.90 Å². The third-order valence-corrected chi connectivity index (χ3v) is 5.50. The summed E-state index contributed by atoms with van der Waals surface area (Å²) in [5, 5.41) is 10.5. The van der Waals surface area contributed by atoms with Crippen molar-refractivity contribution in [3.63, 3.8) is 0 Å². The Morgan fingerprint density at radius 1 is 1.14 bits per heavy atom. The van der Waals surface area contributed by atoms with Gasteiger partial charge >= 0.3 is 0 Å². The Hall–Kier alpha value is -2.31. The van der Waals surface area contributed by atoms with E-state index in [9.17, 15) is 9.50 Å². The smallest absolute Gasteiger partial charge is 0.165 e. The highest BCUT2D eigenvalue weighted by Gasteiger charge is 2.32. The van der Waals surface area contributed by atoms with Gasteiger partial charge in [-0.1, -0.05) is 18.2 Å². The van der Waals surface area contributed by atoms with Crippen LogP contribution < -0.4 is 14.4 Å². The molecule has 0 saturated carbocycles. The molecule has 2 aliphatic rings. The molecular formula is C23H29FN2O3. The maximum Gasteiger partial charge on any atom is 0.165 e. The first kappa shape index (κ1) is 20.0. The molecule has 1 fully saturated rings. The fraction of sp³-hybridized carbons (Fsp3) is 0.478. The molecule has 1 saturated heterocycles. The molecule has 0 radical (unpaired) electrons. The van der Waals surface area contributed by atoms with Crippen LogP contribution in [0.1, 0.15) is 19.4 Å². The maximum atomic E-state index is 13.4. The van der Waals surface area contributed by atoms with E-state index in [0.29, 0.717) is 12.3 Å². The van der Waals surface area contributed by atoms with Crippen LogP contribution in [0.2, 0.25) is 0 Å². The van der Waals surface area contributed by atoms with E-state index in [2.05, 4.69) is 29.7 Å². The fourth-order valence-corrected chi connectivity index (χ4v) is 4.10. The summed E-state index contributed by atoms with van der Waals surface area (Å²) in [5.74, 6) is 1.29. The number of para-hydroxylation sites is 1. The second-order valence-electron chi connectivity index (χ2n) is 8.52. The van der Waals surface area contributed by atoms with Crippen LogP contribution in [-0.4, -0.2) is 61.0 Å². The Labute approximate surface area is 171 Å². The molecule has 0 spiro atoms. The number of rotatable bonds is 6. The van der Waals surface area contributed by atoms with E-state index >= 15 is 0 Å². The van der Waals surface area contributed by atoms with E-state index in [1.54, 1.807) is 12.1 Å². The molecule has 2 aromatic rings. The zero-order chi connectivity index (χ0) is 20.4. The van der Waals surface area contributed by atoms with Crippen LogP contribution in [0.3, 0.4) is 0 Å². The standard InChI is InChI=1S/C23H29FN2O3/c1-23(2)14-17-5-3-8-21(22(17)29-23)28-16-20(27)15-25-9-11-26(12-10-25)19-7-4-6-18(24)13-19/h3-8,13,20,27H,9-12,14-16H2,1-2H3. The van der Waals surface area contributed by atoms with Gasteiger partial charge < -0.3 is 19.5 Å². The number of ether oxygens (including phenoxy) is 2. The van der Waals surface area contributed by atoms with Crippen molar-refractivity contribution in [1.29, 1.82) is 0 Å². The van der Waals surface area contributed by atoms with E-state index in [1.807, 2.05) is 18.2 Å². The van der Waals surface area contributed by atoms with Crippen molar-refractivity contribution < 1.29 is 19.0 Å². The molecule has 5 nitrogen and oxygen atoms in total. The van der Waals surface area contributed by atoms with Gasteiger partial charge in [0.1, 0.15) is 24.1 Å². The van der Waals surface area contributed by atoms with E-state index in [-0.39, 0.29) is 18.0 Å². The van der Waals surface area contributed by atoms with Crippen molar-refractivity contribution in [2.75, 3.05) is 44.2 Å². The third-order valence-electron chi connectivity index (χ3n) is 5.50. The summed E-state index contributed by atoms with van der Waals surface area (Å²) in [6.45, 7) is 8.18. The van der Waals surface area contributed by atoms with Gasteiger partial charge in [0, 0.05) is 50.4 Å². The lowest BCUT2D eigenvalue weighted by atomic mass is 10.0. The van der Waals surface area contributed by atoms with Crippen molar-refractivity contribution in [3.8, 4) is 11.5 Å². The minimum atomic E-state index is -0.582. The topological polar surface area (TPSA) is 45.2 Å². The predicted octanol–water partition coefficient (Wildman–Crippen LogP) is 3.10. The highest BCUT2D eigenvalue weighted by Crippen LogP contribution is 2.41. The van der Waals surface area contributed by atoms with Crippen LogP contribution in [-0.2, 0) is 6.42 Å². The lowest BCUT2D eigenvalue weighted by molar-refractivity contribution is 0.0632. The van der Waals surface area contributed by atoms with Gasteiger partial charge in [-0.15, -0.1) is 0 Å². The largest absolute Gasteiger partial charge is 0.487 e. The van der Waals surface area contributed by atoms with Gasteiger partial charge in [0.05, 0.1) is 0 Å². The van der Waals surface area contributed by atoms with Crippen LogP contribution in [0.15, 0.2) is 42.5 Å². The average Bonchev–Trinajstić information content (AvgIpc) is 3.01. The summed E-state index contributed by atoms with van der Waals surface area (Å²) in [7, 11) is 0. The first-order valence-corrected chi connectivity index (χ1v) is 10.2. The number of nitrogens with zero attached hydrogens (tertiary/aromatic N) is 2. The number of aliphatic hydroxyl groups is 1. The molecule has 4 rings (SSSR count). The van der Waals surface area contributed by atoms with Crippen LogP contribution in [0.5, 0.6) is 11.5 Å². The molecule has 0 aliphatic carbocycles. The summed E-state index contributed by atoms with van der Waals surface area (Å²) in [4.78, 5) is 4.40. The summed E-state index contributed by atoms with van der Waals surface area (Å²) < 4.78 is 25.3. The van der Waals surface area contributed by atoms with Crippen molar-refractivity contribution in [3.05, 3.63) is 53.8 Å². The number of hydrogen-bond acceptors (Lipinski definition) is 5. The van der Waals surface area contributed by atoms with Gasteiger partial charge in [0.2, 0.25) is 0 Å². The molecule has 0 bridgehead atoms. The molecule has 1 atom stereocenters. The Kier molecular flexibility index (Phi) is 5.65. The second-order valence-corrected chi connectivity index (χ2v) is 8.52. The van der Waals surface area contributed by atoms with Crippen LogP contribution >= 0.6 is 0 Å². The Balaban J connectivity index is 1.26. The monoisotopic (exact) mass is 400 g/mol. The number of fused-ring (bicyclic) bond motifs is 1. The van der Waals surface area contributed by atoms with Crippen LogP contribution in [0, 0.1) is 5.82 Å². The average molecular weight is 400 g/mol. The van der Waals surface area contributed by atoms with Crippen molar-refractivity contribution in [2.45, 2.75) is 32.0 Å². The summed E-state index contributed by atoms with van der Waals surface area (Å²) in [6.07, 6.45) is 0.276. The molecule has 2 heterocycles. The zero-order valence-electron chi connectivity index (χ0n) is 17.1. The first-order chi connectivity index (χ1) is 13.9. The number of aliphatic hydroxyl groups excluding tert-OH is 1. The molecule has 1 N–H and O–H groups in total. The molecule has 156 valence electrons. The molecule has 0 amide bonds. The van der Waals surface area contributed by atoms with Gasteiger partial charge in [-0.25, -0.2) is 4.39 Å². The Bertz CT molecular complexity index is 850. The lowest BCUT2D eigenvalue weighted by Crippen LogP contribution is -2.49. The number of piperazine rings is 1. The van der Waals surface area contributed by atoms with Crippen LogP contribution in [0.4, 0.5) is 10.1 Å². The minimum Gasteiger partial charge on any atom is -0.487 e. The fourth-order valence-electron chi connectivity index (χ4n) is 4.10. The minimum absolute atomic E-state index is 0.211. The van der Waals surface area contributed by atoms with Gasteiger partial charge in [0.25, 0.3) is 0 Å². The number of benzene rings is 2. The highest BCUT2D eigenvalue weighted by molar-refractivity contribution is 5.50. The van der Waals surface area contributed by atoms with Gasteiger partial charge in [-0.2, -0.15) is 0 Å². The molecule has 29 heavy (non-hydrogen) atoms. The molecular weight excluding hydrogens is 371 g/mol. The number of halogens is 1. The number of anilines is 1. The summed E-state index contributed by atoms with van der Waals surface area (Å²) in [5.41, 5.74) is 1.84. The van der Waals surface area contributed by atoms with Crippen molar-refractivity contribution >= 4 is 5.69 Å². The van der Waals surface area contributed by atoms with E-state index < -0.39 is 6.10 Å². The highest BCUT2D eigenvalue weighted by atomic mass is 19.1. The zero-order valence-corrected chi connectivity index (χ0v) is 17.1. The Morgan fingerprint density at radius 2 is 1.90 bits per heavy atom. The van der Waals surface area contributed by atoms with E-state index in [0.717, 1.165) is 49.6 Å². The number of hydrogen-bond donors (Lipinski definition) is 1. The van der Waals surface area contributed by atoms with E-state index in [4.69, 9.17) is 9.47 Å². The molecule has 2 aromatic carbocycles. The van der Waals surface area contributed by atoms with Crippen LogP contribution in [0.25, 0.3) is 0 Å². The molecule has 0 aromatic heterocycles. The molecule has 6 heteroatoms. The van der Waals surface area contributed by atoms with E-state index in [1.165, 1.54) is 6.07 Å². The quantitative estimate of drug-likeness (QED) is 0.807. The second kappa shape index (κ2) is 8.20. The predicted molar refractivity (Wildman–Crippen MR) is 111 cm³/mol. The third kappa shape index (κ3) is 4.82. The SMILES string of the molecule is CC1(C)Cc2cccc(OCC(O)CN3CCN(c4cccc(F)c4)CC3)c2O1. The molecule has 1 unspecified atom stereocenters. The van der Waals surface area contributed by atoms with Gasteiger partial charge in [-0.3, -0.25) is 4.90 Å². The maximum absolute atomic E-state index is 13.4.